The SMILES string of the molecule is CCc1cc(O)ccc1Nc1cc(-c2cc3ccccc3s2)[nH]n1. The van der Waals surface area contributed by atoms with Gasteiger partial charge in [-0.3, -0.25) is 5.10 Å². The van der Waals surface area contributed by atoms with Gasteiger partial charge in [0.1, 0.15) is 5.75 Å². The lowest BCUT2D eigenvalue weighted by Crippen LogP contribution is -1.95. The molecule has 0 atom stereocenters. The van der Waals surface area contributed by atoms with E-state index >= 15 is 0 Å². The number of aromatic amines is 1. The highest BCUT2D eigenvalue weighted by Gasteiger charge is 2.09. The summed E-state index contributed by atoms with van der Waals surface area (Å²) in [7, 11) is 0. The van der Waals surface area contributed by atoms with Crippen LogP contribution in [0.5, 0.6) is 5.75 Å². The molecule has 4 nitrogen and oxygen atoms in total. The van der Waals surface area contributed by atoms with Crippen LogP contribution in [-0.2, 0) is 6.42 Å². The van der Waals surface area contributed by atoms with E-state index in [2.05, 4.69) is 52.8 Å². The summed E-state index contributed by atoms with van der Waals surface area (Å²) < 4.78 is 1.27. The number of H-pyrrole nitrogens is 1. The van der Waals surface area contributed by atoms with Crippen LogP contribution in [0.1, 0.15) is 12.5 Å². The number of thiophene rings is 1. The molecule has 4 rings (SSSR count). The fourth-order valence-electron chi connectivity index (χ4n) is 2.76. The Morgan fingerprint density at radius 3 is 2.83 bits per heavy atom. The molecule has 0 aliphatic carbocycles. The summed E-state index contributed by atoms with van der Waals surface area (Å²) in [5.74, 6) is 1.05. The zero-order chi connectivity index (χ0) is 16.5. The highest BCUT2D eigenvalue weighted by Crippen LogP contribution is 2.34. The third-order valence-corrected chi connectivity index (χ3v) is 5.15. The second kappa shape index (κ2) is 6.02. The number of rotatable bonds is 4. The van der Waals surface area contributed by atoms with Crippen molar-refractivity contribution in [2.75, 3.05) is 5.32 Å². The summed E-state index contributed by atoms with van der Waals surface area (Å²) in [6.07, 6.45) is 0.838. The van der Waals surface area contributed by atoms with Gasteiger partial charge in [-0.25, -0.2) is 0 Å². The molecular weight excluding hydrogens is 318 g/mol. The Morgan fingerprint density at radius 1 is 1.12 bits per heavy atom. The predicted octanol–water partition coefficient (Wildman–Crippen LogP) is 5.30. The standard InChI is InChI=1S/C19H17N3OS/c1-2-12-9-14(23)7-8-15(12)20-19-11-16(21-22-19)18-10-13-5-3-4-6-17(13)24-18/h3-11,23H,2H2,1H3,(H2,20,21,22). The van der Waals surface area contributed by atoms with Crippen LogP contribution in [0.3, 0.4) is 0 Å². The molecule has 2 aromatic carbocycles. The van der Waals surface area contributed by atoms with Crippen LogP contribution in [0.15, 0.2) is 54.6 Å². The van der Waals surface area contributed by atoms with Gasteiger partial charge in [0.15, 0.2) is 5.82 Å². The first-order chi connectivity index (χ1) is 11.7. The topological polar surface area (TPSA) is 60.9 Å². The van der Waals surface area contributed by atoms with Crippen molar-refractivity contribution >= 4 is 32.9 Å². The molecule has 0 radical (unpaired) electrons. The minimum Gasteiger partial charge on any atom is -0.508 e. The number of fused-ring (bicyclic) bond motifs is 1. The van der Waals surface area contributed by atoms with E-state index in [4.69, 9.17) is 0 Å². The lowest BCUT2D eigenvalue weighted by Gasteiger charge is -2.08. The first-order valence-corrected chi connectivity index (χ1v) is 8.68. The number of nitrogens with one attached hydrogen (secondary N) is 2. The fraction of sp³-hybridized carbons (Fsp3) is 0.105. The molecular formula is C19H17N3OS. The third kappa shape index (κ3) is 2.74. The molecule has 5 heteroatoms. The van der Waals surface area contributed by atoms with E-state index in [1.165, 1.54) is 10.1 Å². The number of hydrogen-bond donors (Lipinski definition) is 3. The van der Waals surface area contributed by atoms with E-state index in [1.54, 1.807) is 23.5 Å². The number of hydrogen-bond acceptors (Lipinski definition) is 4. The van der Waals surface area contributed by atoms with Gasteiger partial charge >= 0.3 is 0 Å². The van der Waals surface area contributed by atoms with Gasteiger partial charge < -0.3 is 10.4 Å². The van der Waals surface area contributed by atoms with Crippen LogP contribution in [-0.4, -0.2) is 15.3 Å². The fourth-order valence-corrected chi connectivity index (χ4v) is 3.79. The summed E-state index contributed by atoms with van der Waals surface area (Å²) in [5.41, 5.74) is 3.02. The number of anilines is 2. The first kappa shape index (κ1) is 14.8. The van der Waals surface area contributed by atoms with Gasteiger partial charge in [0.2, 0.25) is 0 Å². The lowest BCUT2D eigenvalue weighted by molar-refractivity contribution is 0.474. The summed E-state index contributed by atoms with van der Waals surface area (Å²) in [5, 5.41) is 21.6. The normalized spacial score (nSPS) is 11.0. The van der Waals surface area contributed by atoms with Crippen LogP contribution in [0, 0.1) is 0 Å². The molecule has 2 heterocycles. The summed E-state index contributed by atoms with van der Waals surface area (Å²) in [4.78, 5) is 1.16. The van der Waals surface area contributed by atoms with Gasteiger partial charge in [-0.2, -0.15) is 5.10 Å². The van der Waals surface area contributed by atoms with Gasteiger partial charge in [-0.15, -0.1) is 11.3 Å². The summed E-state index contributed by atoms with van der Waals surface area (Å²) in [6, 6.07) is 17.9. The average Bonchev–Trinajstić information content (AvgIpc) is 3.22. The van der Waals surface area contributed by atoms with Gasteiger partial charge in [-0.05, 0) is 47.7 Å². The first-order valence-electron chi connectivity index (χ1n) is 7.86. The molecule has 0 amide bonds. The molecule has 24 heavy (non-hydrogen) atoms. The quantitative estimate of drug-likeness (QED) is 0.443. The average molecular weight is 335 g/mol. The Kier molecular flexibility index (Phi) is 3.70. The maximum absolute atomic E-state index is 9.61. The van der Waals surface area contributed by atoms with E-state index < -0.39 is 0 Å². The van der Waals surface area contributed by atoms with Crippen molar-refractivity contribution in [1.29, 1.82) is 0 Å². The largest absolute Gasteiger partial charge is 0.508 e. The molecule has 120 valence electrons. The Labute approximate surface area is 143 Å². The zero-order valence-corrected chi connectivity index (χ0v) is 14.0. The van der Waals surface area contributed by atoms with Crippen LogP contribution in [0.4, 0.5) is 11.5 Å². The smallest absolute Gasteiger partial charge is 0.152 e. The zero-order valence-electron chi connectivity index (χ0n) is 13.2. The molecule has 0 saturated heterocycles. The van der Waals surface area contributed by atoms with Crippen molar-refractivity contribution in [2.45, 2.75) is 13.3 Å². The number of aromatic hydroxyl groups is 1. The maximum atomic E-state index is 9.61. The lowest BCUT2D eigenvalue weighted by atomic mass is 10.1. The monoisotopic (exact) mass is 335 g/mol. The molecule has 0 aliphatic heterocycles. The second-order valence-corrected chi connectivity index (χ2v) is 6.72. The summed E-state index contributed by atoms with van der Waals surface area (Å²) in [6.45, 7) is 2.06. The Hall–Kier alpha value is -2.79. The molecule has 0 saturated carbocycles. The van der Waals surface area contributed by atoms with Crippen molar-refractivity contribution in [3.8, 4) is 16.3 Å². The molecule has 0 bridgehead atoms. The van der Waals surface area contributed by atoms with Crippen molar-refractivity contribution in [3.05, 3.63) is 60.2 Å². The van der Waals surface area contributed by atoms with Gasteiger partial charge in [0, 0.05) is 16.5 Å². The maximum Gasteiger partial charge on any atom is 0.152 e. The molecule has 4 aromatic rings. The minimum atomic E-state index is 0.283. The van der Waals surface area contributed by atoms with Crippen molar-refractivity contribution in [2.24, 2.45) is 0 Å². The number of aryl methyl sites for hydroxylation is 1. The van der Waals surface area contributed by atoms with E-state index in [1.807, 2.05) is 12.1 Å². The molecule has 2 aromatic heterocycles. The van der Waals surface area contributed by atoms with Gasteiger partial charge in [0.25, 0.3) is 0 Å². The minimum absolute atomic E-state index is 0.283. The van der Waals surface area contributed by atoms with Crippen LogP contribution in [0.25, 0.3) is 20.7 Å². The van der Waals surface area contributed by atoms with E-state index in [0.717, 1.165) is 34.1 Å². The number of phenolic OH excluding ortho intramolecular Hbond substituents is 1. The molecule has 0 fully saturated rings. The Bertz CT molecular complexity index is 970. The number of aromatic nitrogens is 2. The second-order valence-electron chi connectivity index (χ2n) is 5.64. The highest BCUT2D eigenvalue weighted by molar-refractivity contribution is 7.22. The molecule has 0 unspecified atom stereocenters. The van der Waals surface area contributed by atoms with Crippen LogP contribution in [0.2, 0.25) is 0 Å². The number of nitrogens with zero attached hydrogens (tertiary/aromatic N) is 1. The van der Waals surface area contributed by atoms with Crippen molar-refractivity contribution < 1.29 is 5.11 Å². The number of benzene rings is 2. The number of phenols is 1. The van der Waals surface area contributed by atoms with E-state index in [9.17, 15) is 5.11 Å². The third-order valence-electron chi connectivity index (χ3n) is 4.00. The van der Waals surface area contributed by atoms with Crippen LogP contribution >= 0.6 is 11.3 Å². The van der Waals surface area contributed by atoms with Crippen molar-refractivity contribution in [3.63, 3.8) is 0 Å². The Morgan fingerprint density at radius 2 is 2.00 bits per heavy atom. The van der Waals surface area contributed by atoms with Gasteiger partial charge in [0.05, 0.1) is 10.6 Å². The molecule has 0 aliphatic rings. The Balaban J connectivity index is 1.63. The predicted molar refractivity (Wildman–Crippen MR) is 100 cm³/mol. The summed E-state index contributed by atoms with van der Waals surface area (Å²) >= 11 is 1.75. The highest BCUT2D eigenvalue weighted by atomic mass is 32.1. The molecule has 3 N–H and O–H groups in total. The van der Waals surface area contributed by atoms with E-state index in [-0.39, 0.29) is 5.75 Å². The van der Waals surface area contributed by atoms with Crippen LogP contribution < -0.4 is 5.32 Å². The molecule has 0 spiro atoms. The van der Waals surface area contributed by atoms with Crippen molar-refractivity contribution in [1.82, 2.24) is 10.2 Å². The van der Waals surface area contributed by atoms with Gasteiger partial charge in [-0.1, -0.05) is 25.1 Å². The van der Waals surface area contributed by atoms with E-state index in [0.29, 0.717) is 0 Å².